The monoisotopic (exact) mass is 300 g/mol. The van der Waals surface area contributed by atoms with Gasteiger partial charge in [-0.05, 0) is 6.07 Å². The van der Waals surface area contributed by atoms with E-state index in [1.165, 1.54) is 31.4 Å². The van der Waals surface area contributed by atoms with Gasteiger partial charge in [0, 0.05) is 24.8 Å². The maximum absolute atomic E-state index is 12.0. The summed E-state index contributed by atoms with van der Waals surface area (Å²) < 4.78 is 6.02. The Labute approximate surface area is 125 Å². The van der Waals surface area contributed by atoms with Gasteiger partial charge >= 0.3 is 0 Å². The van der Waals surface area contributed by atoms with Gasteiger partial charge in [-0.15, -0.1) is 0 Å². The lowest BCUT2D eigenvalue weighted by Gasteiger charge is -2.07. The van der Waals surface area contributed by atoms with Gasteiger partial charge in [-0.25, -0.2) is 4.68 Å². The second-order valence-electron chi connectivity index (χ2n) is 4.38. The molecule has 0 aliphatic rings. The van der Waals surface area contributed by atoms with Crippen LogP contribution >= 0.6 is 0 Å². The van der Waals surface area contributed by atoms with E-state index in [-0.39, 0.29) is 24.4 Å². The minimum atomic E-state index is -0.520. The third-order valence-corrected chi connectivity index (χ3v) is 2.95. The van der Waals surface area contributed by atoms with E-state index in [1.54, 1.807) is 6.07 Å². The molecular weight excluding hydrogens is 288 g/mol. The molecule has 0 saturated heterocycles. The number of benzene rings is 1. The Morgan fingerprint density at radius 1 is 1.45 bits per heavy atom. The summed E-state index contributed by atoms with van der Waals surface area (Å²) >= 11 is 0. The first-order chi connectivity index (χ1) is 10.6. The van der Waals surface area contributed by atoms with Crippen LogP contribution in [0.3, 0.4) is 0 Å². The molecule has 0 radical (unpaired) electrons. The molecule has 1 aromatic heterocycles. The third kappa shape index (κ3) is 3.16. The maximum atomic E-state index is 12.0. The molecule has 1 heterocycles. The molecule has 0 atom stereocenters. The molecule has 0 fully saturated rings. The van der Waals surface area contributed by atoms with Crippen LogP contribution in [0.25, 0.3) is 11.3 Å². The van der Waals surface area contributed by atoms with E-state index < -0.39 is 10.5 Å². The van der Waals surface area contributed by atoms with Crippen LogP contribution < -0.4 is 5.56 Å². The van der Waals surface area contributed by atoms with Gasteiger partial charge in [0.2, 0.25) is 0 Å². The minimum absolute atomic E-state index is 0.0763. The molecule has 0 amide bonds. The number of non-ortho nitro benzene ring substituents is 1. The number of hydrogen-bond acceptors (Lipinski definition) is 6. The average molecular weight is 300 g/mol. The first kappa shape index (κ1) is 15.3. The lowest BCUT2D eigenvalue weighted by Crippen LogP contribution is -2.27. The summed E-state index contributed by atoms with van der Waals surface area (Å²) in [6, 6.07) is 8.98. The fourth-order valence-electron chi connectivity index (χ4n) is 1.87. The highest BCUT2D eigenvalue weighted by molar-refractivity contribution is 5.63. The molecule has 112 valence electrons. The zero-order chi connectivity index (χ0) is 16.1. The molecule has 0 aliphatic heterocycles. The molecular formula is C14H12N4O4. The number of nitro benzene ring substituents is 1. The highest BCUT2D eigenvalue weighted by atomic mass is 16.6. The molecule has 2 rings (SSSR count). The Morgan fingerprint density at radius 3 is 2.86 bits per heavy atom. The summed E-state index contributed by atoms with van der Waals surface area (Å²) in [5.41, 5.74) is 0.0848. The topological polar surface area (TPSA) is 111 Å². The van der Waals surface area contributed by atoms with Crippen LogP contribution in [-0.4, -0.2) is 28.4 Å². The van der Waals surface area contributed by atoms with Gasteiger partial charge in [-0.2, -0.15) is 10.4 Å². The highest BCUT2D eigenvalue weighted by Crippen LogP contribution is 2.21. The summed E-state index contributed by atoms with van der Waals surface area (Å²) in [6.07, 6.45) is 0. The Morgan fingerprint density at radius 2 is 2.23 bits per heavy atom. The van der Waals surface area contributed by atoms with Gasteiger partial charge in [-0.1, -0.05) is 12.1 Å². The summed E-state index contributed by atoms with van der Waals surface area (Å²) in [5.74, 6) is 0. The number of ether oxygens (including phenoxy) is 1. The molecule has 0 bridgehead atoms. The SMILES string of the molecule is COCCn1nc(-c2cccc([N+](=O)[O-])c2)cc(C#N)c1=O. The predicted molar refractivity (Wildman–Crippen MR) is 77.2 cm³/mol. The zero-order valence-corrected chi connectivity index (χ0v) is 11.7. The standard InChI is InChI=1S/C14H12N4O4/c1-22-6-5-17-14(19)11(9-15)8-13(16-17)10-3-2-4-12(7-10)18(20)21/h2-4,7-8H,5-6H2,1H3. The van der Waals surface area contributed by atoms with E-state index in [9.17, 15) is 14.9 Å². The Hall–Kier alpha value is -3.05. The molecule has 0 aliphatic carbocycles. The Bertz CT molecular complexity index is 807. The van der Waals surface area contributed by atoms with E-state index in [4.69, 9.17) is 10.00 Å². The smallest absolute Gasteiger partial charge is 0.284 e. The fraction of sp³-hybridized carbons (Fsp3) is 0.214. The van der Waals surface area contributed by atoms with Crippen molar-refractivity contribution in [3.63, 3.8) is 0 Å². The van der Waals surface area contributed by atoms with Crippen LogP contribution in [0, 0.1) is 21.4 Å². The number of nitrogens with zero attached hydrogens (tertiary/aromatic N) is 4. The van der Waals surface area contributed by atoms with Crippen LogP contribution in [0.2, 0.25) is 0 Å². The maximum Gasteiger partial charge on any atom is 0.284 e. The molecule has 0 unspecified atom stereocenters. The molecule has 8 heteroatoms. The van der Waals surface area contributed by atoms with Crippen LogP contribution in [0.15, 0.2) is 35.1 Å². The molecule has 2 aromatic rings. The van der Waals surface area contributed by atoms with Gasteiger partial charge < -0.3 is 4.74 Å². The van der Waals surface area contributed by atoms with Gasteiger partial charge in [0.05, 0.1) is 23.8 Å². The summed E-state index contributed by atoms with van der Waals surface area (Å²) in [5, 5.41) is 24.0. The Balaban J connectivity index is 2.56. The van der Waals surface area contributed by atoms with Gasteiger partial charge in [0.1, 0.15) is 11.6 Å². The first-order valence-electron chi connectivity index (χ1n) is 6.33. The summed E-state index contributed by atoms with van der Waals surface area (Å²) in [4.78, 5) is 22.3. The van der Waals surface area contributed by atoms with Gasteiger partial charge in [0.15, 0.2) is 0 Å². The van der Waals surface area contributed by atoms with Crippen molar-refractivity contribution in [2.45, 2.75) is 6.54 Å². The first-order valence-corrected chi connectivity index (χ1v) is 6.33. The molecule has 0 N–H and O–H groups in total. The number of rotatable bonds is 5. The van der Waals surface area contributed by atoms with E-state index >= 15 is 0 Å². The van der Waals surface area contributed by atoms with Gasteiger partial charge in [0.25, 0.3) is 11.2 Å². The number of nitriles is 1. The minimum Gasteiger partial charge on any atom is -0.383 e. The van der Waals surface area contributed by atoms with Crippen molar-refractivity contribution >= 4 is 5.69 Å². The predicted octanol–water partition coefficient (Wildman–Crippen LogP) is 1.34. The average Bonchev–Trinajstić information content (AvgIpc) is 2.54. The van der Waals surface area contributed by atoms with Crippen molar-refractivity contribution in [3.8, 4) is 17.3 Å². The van der Waals surface area contributed by atoms with Crippen molar-refractivity contribution < 1.29 is 9.66 Å². The van der Waals surface area contributed by atoms with Crippen molar-refractivity contribution in [3.05, 3.63) is 56.4 Å². The largest absolute Gasteiger partial charge is 0.383 e. The van der Waals surface area contributed by atoms with Crippen molar-refractivity contribution in [1.29, 1.82) is 5.26 Å². The molecule has 8 nitrogen and oxygen atoms in total. The summed E-state index contributed by atoms with van der Waals surface area (Å²) in [7, 11) is 1.49. The lowest BCUT2D eigenvalue weighted by atomic mass is 10.1. The van der Waals surface area contributed by atoms with Gasteiger partial charge in [-0.3, -0.25) is 14.9 Å². The van der Waals surface area contributed by atoms with E-state index in [1.807, 2.05) is 6.07 Å². The normalized spacial score (nSPS) is 10.2. The Kier molecular flexibility index (Phi) is 4.60. The van der Waals surface area contributed by atoms with Crippen molar-refractivity contribution in [2.24, 2.45) is 0 Å². The molecule has 22 heavy (non-hydrogen) atoms. The van der Waals surface area contributed by atoms with E-state index in [0.717, 1.165) is 4.68 Å². The highest BCUT2D eigenvalue weighted by Gasteiger charge is 2.12. The van der Waals surface area contributed by atoms with Crippen molar-refractivity contribution in [1.82, 2.24) is 9.78 Å². The van der Waals surface area contributed by atoms with E-state index in [0.29, 0.717) is 11.3 Å². The number of methoxy groups -OCH3 is 1. The molecule has 0 saturated carbocycles. The van der Waals surface area contributed by atoms with Crippen LogP contribution in [0.1, 0.15) is 5.56 Å². The zero-order valence-electron chi connectivity index (χ0n) is 11.7. The van der Waals surface area contributed by atoms with Crippen molar-refractivity contribution in [2.75, 3.05) is 13.7 Å². The molecule has 1 aromatic carbocycles. The third-order valence-electron chi connectivity index (χ3n) is 2.95. The quantitative estimate of drug-likeness (QED) is 0.608. The summed E-state index contributed by atoms with van der Waals surface area (Å²) in [6.45, 7) is 0.447. The second-order valence-corrected chi connectivity index (χ2v) is 4.38. The number of nitro groups is 1. The van der Waals surface area contributed by atoms with Crippen LogP contribution in [0.5, 0.6) is 0 Å². The lowest BCUT2D eigenvalue weighted by molar-refractivity contribution is -0.384. The number of hydrogen-bond donors (Lipinski definition) is 0. The number of aromatic nitrogens is 2. The fourth-order valence-corrected chi connectivity index (χ4v) is 1.87. The van der Waals surface area contributed by atoms with Crippen LogP contribution in [-0.2, 0) is 11.3 Å². The second kappa shape index (κ2) is 6.60. The molecule has 0 spiro atoms. The van der Waals surface area contributed by atoms with E-state index in [2.05, 4.69) is 5.10 Å². The van der Waals surface area contributed by atoms with Crippen LogP contribution in [0.4, 0.5) is 5.69 Å².